The molecule has 238 valence electrons. The van der Waals surface area contributed by atoms with Gasteiger partial charge in [0.25, 0.3) is 0 Å². The highest BCUT2D eigenvalue weighted by atomic mass is 35.5. The number of fused-ring (bicyclic) bond motifs is 1. The summed E-state index contributed by atoms with van der Waals surface area (Å²) in [4.78, 5) is 41.9. The molecule has 2 atom stereocenters. The molecule has 1 aliphatic heterocycles. The van der Waals surface area contributed by atoms with Crippen LogP contribution in [0, 0.1) is 5.92 Å². The number of ether oxygens (including phenoxy) is 1. The van der Waals surface area contributed by atoms with Crippen LogP contribution >= 0.6 is 12.4 Å². The van der Waals surface area contributed by atoms with E-state index in [9.17, 15) is 14.4 Å². The van der Waals surface area contributed by atoms with Crippen LogP contribution in [0.5, 0.6) is 5.75 Å². The molecular weight excluding hydrogens is 576 g/mol. The number of para-hydroxylation sites is 1. The molecule has 1 aliphatic rings. The molecule has 3 aromatic rings. The number of benzene rings is 3. The first-order chi connectivity index (χ1) is 21.0. The van der Waals surface area contributed by atoms with Gasteiger partial charge in [-0.3, -0.25) is 14.4 Å². The van der Waals surface area contributed by atoms with Gasteiger partial charge in [-0.25, -0.2) is 0 Å². The lowest BCUT2D eigenvalue weighted by Gasteiger charge is -2.29. The van der Waals surface area contributed by atoms with Crippen molar-refractivity contribution in [2.75, 3.05) is 32.8 Å². The lowest BCUT2D eigenvalue weighted by atomic mass is 10.00. The van der Waals surface area contributed by atoms with Gasteiger partial charge in [0.05, 0.1) is 0 Å². The van der Waals surface area contributed by atoms with E-state index in [-0.39, 0.29) is 36.0 Å². The van der Waals surface area contributed by atoms with E-state index >= 15 is 0 Å². The predicted molar refractivity (Wildman–Crippen MR) is 178 cm³/mol. The van der Waals surface area contributed by atoms with Crippen molar-refractivity contribution in [1.29, 1.82) is 0 Å². The SMILES string of the molecule is CCC(CC)C(=O)N1CCC[C@H]1C(=O)N[C@H](Cc1ccc2ccccc2c1)C(=O)NCCCNCCOc1ccccc1.Cl. The molecule has 1 heterocycles. The lowest BCUT2D eigenvalue weighted by Crippen LogP contribution is -2.54. The summed E-state index contributed by atoms with van der Waals surface area (Å²) in [7, 11) is 0. The number of amides is 3. The van der Waals surface area contributed by atoms with Crippen molar-refractivity contribution in [3.63, 3.8) is 0 Å². The first-order valence-corrected chi connectivity index (χ1v) is 15.7. The van der Waals surface area contributed by atoms with E-state index in [1.165, 1.54) is 0 Å². The monoisotopic (exact) mass is 622 g/mol. The summed E-state index contributed by atoms with van der Waals surface area (Å²) in [5.41, 5.74) is 0.968. The van der Waals surface area contributed by atoms with E-state index in [0.29, 0.717) is 39.1 Å². The third kappa shape index (κ3) is 9.96. The highest BCUT2D eigenvalue weighted by Crippen LogP contribution is 2.23. The summed E-state index contributed by atoms with van der Waals surface area (Å²) < 4.78 is 5.70. The van der Waals surface area contributed by atoms with E-state index in [1.54, 1.807) is 4.90 Å². The van der Waals surface area contributed by atoms with Gasteiger partial charge in [0, 0.05) is 32.0 Å². The van der Waals surface area contributed by atoms with Crippen molar-refractivity contribution in [2.24, 2.45) is 5.92 Å². The molecule has 0 spiro atoms. The molecule has 3 amide bonds. The van der Waals surface area contributed by atoms with Crippen LogP contribution in [-0.2, 0) is 20.8 Å². The minimum atomic E-state index is -0.744. The quantitative estimate of drug-likeness (QED) is 0.198. The molecule has 0 radical (unpaired) electrons. The average molecular weight is 623 g/mol. The maximum Gasteiger partial charge on any atom is 0.243 e. The van der Waals surface area contributed by atoms with Gasteiger partial charge in [0.2, 0.25) is 17.7 Å². The molecular formula is C35H47ClN4O4. The second-order valence-electron chi connectivity index (χ2n) is 11.2. The molecule has 9 heteroatoms. The van der Waals surface area contributed by atoms with Gasteiger partial charge in [-0.2, -0.15) is 0 Å². The van der Waals surface area contributed by atoms with Gasteiger partial charge >= 0.3 is 0 Å². The van der Waals surface area contributed by atoms with E-state index in [4.69, 9.17) is 4.74 Å². The van der Waals surface area contributed by atoms with Gasteiger partial charge in [-0.15, -0.1) is 12.4 Å². The van der Waals surface area contributed by atoms with Crippen LogP contribution in [0.1, 0.15) is 51.5 Å². The Morgan fingerprint density at radius 3 is 2.39 bits per heavy atom. The number of nitrogens with one attached hydrogen (secondary N) is 3. The van der Waals surface area contributed by atoms with Crippen molar-refractivity contribution in [3.05, 3.63) is 78.4 Å². The highest BCUT2D eigenvalue weighted by molar-refractivity contribution is 5.93. The standard InChI is InChI=1S/C35H46N4O4.ClH/c1-3-27(4-2)35(42)39-22-10-16-32(39)34(41)38-31(25-26-17-18-28-12-8-9-13-29(28)24-26)33(40)37-20-11-19-36-21-23-43-30-14-6-5-7-15-30;/h5-9,12-15,17-18,24,27,31-32,36H,3-4,10-11,16,19-23,25H2,1-2H3,(H,37,40)(H,38,41);1H/t31-,32+;/m1./s1. The van der Waals surface area contributed by atoms with Crippen LogP contribution < -0.4 is 20.7 Å². The molecule has 1 saturated heterocycles. The van der Waals surface area contributed by atoms with Crippen LogP contribution in [0.15, 0.2) is 72.8 Å². The molecule has 44 heavy (non-hydrogen) atoms. The first kappa shape index (κ1) is 34.9. The topological polar surface area (TPSA) is 99.8 Å². The largest absolute Gasteiger partial charge is 0.492 e. The van der Waals surface area contributed by atoms with Crippen LogP contribution in [0.4, 0.5) is 0 Å². The zero-order valence-electron chi connectivity index (χ0n) is 25.9. The zero-order valence-corrected chi connectivity index (χ0v) is 26.7. The Labute approximate surface area is 267 Å². The minimum Gasteiger partial charge on any atom is -0.492 e. The Kier molecular flexibility index (Phi) is 14.5. The van der Waals surface area contributed by atoms with Crippen molar-refractivity contribution in [2.45, 2.75) is 64.5 Å². The summed E-state index contributed by atoms with van der Waals surface area (Å²) in [5.74, 6) is 0.336. The smallest absolute Gasteiger partial charge is 0.243 e. The summed E-state index contributed by atoms with van der Waals surface area (Å²) in [6, 6.07) is 22.6. The van der Waals surface area contributed by atoms with Gasteiger partial charge in [-0.1, -0.05) is 74.5 Å². The van der Waals surface area contributed by atoms with Crippen molar-refractivity contribution in [1.82, 2.24) is 20.9 Å². The maximum absolute atomic E-state index is 13.5. The van der Waals surface area contributed by atoms with E-state index in [2.05, 4.69) is 28.1 Å². The third-order valence-electron chi connectivity index (χ3n) is 8.18. The molecule has 3 aromatic carbocycles. The Bertz CT molecular complexity index is 1330. The summed E-state index contributed by atoms with van der Waals surface area (Å²) >= 11 is 0. The number of nitrogens with zero attached hydrogens (tertiary/aromatic N) is 1. The molecule has 8 nitrogen and oxygen atoms in total. The molecule has 3 N–H and O–H groups in total. The van der Waals surface area contributed by atoms with E-state index in [0.717, 1.165) is 54.3 Å². The number of carbonyl (C=O) groups excluding carboxylic acids is 3. The molecule has 0 unspecified atom stereocenters. The fourth-order valence-electron chi connectivity index (χ4n) is 5.69. The fraction of sp³-hybridized carbons (Fsp3) is 0.457. The predicted octanol–water partition coefficient (Wildman–Crippen LogP) is 4.89. The second kappa shape index (κ2) is 18.2. The lowest BCUT2D eigenvalue weighted by molar-refractivity contribution is -0.142. The highest BCUT2D eigenvalue weighted by Gasteiger charge is 2.37. The molecule has 0 saturated carbocycles. The Hall–Kier alpha value is -3.62. The Morgan fingerprint density at radius 2 is 1.64 bits per heavy atom. The number of halogens is 1. The number of likely N-dealkylation sites (tertiary alicyclic amines) is 1. The maximum atomic E-state index is 13.5. The third-order valence-corrected chi connectivity index (χ3v) is 8.18. The van der Waals surface area contributed by atoms with Crippen molar-refractivity contribution >= 4 is 40.9 Å². The van der Waals surface area contributed by atoms with Crippen LogP contribution in [-0.4, -0.2) is 67.5 Å². The zero-order chi connectivity index (χ0) is 30.4. The van der Waals surface area contributed by atoms with Crippen molar-refractivity contribution in [3.8, 4) is 5.75 Å². The van der Waals surface area contributed by atoms with E-state index < -0.39 is 12.1 Å². The van der Waals surface area contributed by atoms with Crippen LogP contribution in [0.25, 0.3) is 10.8 Å². The van der Waals surface area contributed by atoms with Gasteiger partial charge in [0.15, 0.2) is 0 Å². The van der Waals surface area contributed by atoms with Gasteiger partial charge in [-0.05, 0) is 67.1 Å². The molecule has 0 aliphatic carbocycles. The Balaban J connectivity index is 0.00000529. The van der Waals surface area contributed by atoms with Gasteiger partial charge < -0.3 is 25.6 Å². The van der Waals surface area contributed by atoms with Crippen molar-refractivity contribution < 1.29 is 19.1 Å². The first-order valence-electron chi connectivity index (χ1n) is 15.7. The number of hydrogen-bond acceptors (Lipinski definition) is 5. The molecule has 0 aromatic heterocycles. The summed E-state index contributed by atoms with van der Waals surface area (Å²) in [6.45, 7) is 7.08. The number of rotatable bonds is 16. The van der Waals surface area contributed by atoms with E-state index in [1.807, 2.05) is 74.5 Å². The molecule has 0 bridgehead atoms. The number of hydrogen-bond donors (Lipinski definition) is 3. The number of carbonyl (C=O) groups is 3. The summed E-state index contributed by atoms with van der Waals surface area (Å²) in [5, 5.41) is 11.6. The average Bonchev–Trinajstić information content (AvgIpc) is 3.53. The second-order valence-corrected chi connectivity index (χ2v) is 11.2. The normalized spacial score (nSPS) is 15.1. The van der Waals surface area contributed by atoms with Crippen LogP contribution in [0.3, 0.4) is 0 Å². The Morgan fingerprint density at radius 1 is 0.909 bits per heavy atom. The minimum absolute atomic E-state index is 0. The molecule has 4 rings (SSSR count). The summed E-state index contributed by atoms with van der Waals surface area (Å²) in [6.07, 6.45) is 4.01. The van der Waals surface area contributed by atoms with Crippen LogP contribution in [0.2, 0.25) is 0 Å². The van der Waals surface area contributed by atoms with Gasteiger partial charge in [0.1, 0.15) is 24.4 Å². The molecule has 1 fully saturated rings. The fourth-order valence-corrected chi connectivity index (χ4v) is 5.69.